The van der Waals surface area contributed by atoms with Crippen molar-refractivity contribution in [2.45, 2.75) is 5.41 Å². The predicted molar refractivity (Wildman–Crippen MR) is 76.5 cm³/mol. The van der Waals surface area contributed by atoms with Gasteiger partial charge in [-0.25, -0.2) is 4.98 Å². The molecule has 1 fully saturated rings. The first-order chi connectivity index (χ1) is 9.78. The van der Waals surface area contributed by atoms with Crippen LogP contribution in [0.25, 0.3) is 11.1 Å². The van der Waals surface area contributed by atoms with Crippen LogP contribution in [-0.2, 0) is 10.2 Å². The zero-order valence-electron chi connectivity index (χ0n) is 10.9. The van der Waals surface area contributed by atoms with E-state index in [1.54, 1.807) is 0 Å². The Morgan fingerprint density at radius 2 is 1.75 bits per heavy atom. The molecule has 2 heterocycles. The summed E-state index contributed by atoms with van der Waals surface area (Å²) < 4.78 is 10.9. The maximum atomic E-state index is 5.77. The molecular weight excluding hydrogens is 252 g/mol. The van der Waals surface area contributed by atoms with Gasteiger partial charge in [0.25, 0.3) is 0 Å². The monoisotopic (exact) mass is 266 g/mol. The summed E-state index contributed by atoms with van der Waals surface area (Å²) in [6.45, 7) is 1.35. The van der Waals surface area contributed by atoms with Crippen molar-refractivity contribution < 1.29 is 9.15 Å². The van der Waals surface area contributed by atoms with Gasteiger partial charge in [-0.15, -0.1) is 0 Å². The Balaban J connectivity index is 1.85. The number of nitrogens with zero attached hydrogens (tertiary/aromatic N) is 1. The highest BCUT2D eigenvalue weighted by molar-refractivity contribution is 5.73. The molecule has 100 valence electrons. The Morgan fingerprint density at radius 1 is 1.00 bits per heavy atom. The molecule has 0 amide bonds. The smallest absolute Gasteiger partial charge is 0.181 e. The van der Waals surface area contributed by atoms with Crippen LogP contribution in [0.3, 0.4) is 0 Å². The molecule has 0 radical (unpaired) electrons. The zero-order chi connectivity index (χ0) is 13.6. The number of rotatable bonds is 2. The molecular formula is C16H14N2O2. The fourth-order valence-electron chi connectivity index (χ4n) is 2.76. The van der Waals surface area contributed by atoms with Crippen LogP contribution < -0.4 is 5.73 Å². The Morgan fingerprint density at radius 3 is 2.45 bits per heavy atom. The van der Waals surface area contributed by atoms with Crippen LogP contribution in [0.2, 0.25) is 0 Å². The summed E-state index contributed by atoms with van der Waals surface area (Å²) in [5.41, 5.74) is 10.5. The molecule has 0 bridgehead atoms. The summed E-state index contributed by atoms with van der Waals surface area (Å²) in [7, 11) is 0. The van der Waals surface area contributed by atoms with Crippen LogP contribution in [-0.4, -0.2) is 18.2 Å². The maximum Gasteiger partial charge on any atom is 0.181 e. The van der Waals surface area contributed by atoms with Gasteiger partial charge in [0.1, 0.15) is 5.52 Å². The summed E-state index contributed by atoms with van der Waals surface area (Å²) in [5.74, 6) is 0. The number of nitrogen functional groups attached to an aromatic ring is 1. The molecule has 4 heteroatoms. The molecule has 4 rings (SSSR count). The van der Waals surface area contributed by atoms with Crippen molar-refractivity contribution in [3.8, 4) is 0 Å². The van der Waals surface area contributed by atoms with Crippen LogP contribution in [0.5, 0.6) is 0 Å². The van der Waals surface area contributed by atoms with E-state index in [0.717, 1.165) is 16.8 Å². The molecule has 0 atom stereocenters. The second kappa shape index (κ2) is 4.08. The Kier molecular flexibility index (Phi) is 2.35. The fourth-order valence-corrected chi connectivity index (χ4v) is 2.76. The number of nitrogens with two attached hydrogens (primary N) is 1. The number of oxazole rings is 1. The minimum atomic E-state index is -0.103. The van der Waals surface area contributed by atoms with E-state index < -0.39 is 0 Å². The normalized spacial score (nSPS) is 17.0. The average molecular weight is 266 g/mol. The van der Waals surface area contributed by atoms with Gasteiger partial charge in [0, 0.05) is 5.69 Å². The van der Waals surface area contributed by atoms with E-state index >= 15 is 0 Å². The highest BCUT2D eigenvalue weighted by Crippen LogP contribution is 2.40. The van der Waals surface area contributed by atoms with E-state index in [0.29, 0.717) is 13.2 Å². The molecule has 20 heavy (non-hydrogen) atoms. The van der Waals surface area contributed by atoms with Gasteiger partial charge in [0.2, 0.25) is 0 Å². The second-order valence-corrected chi connectivity index (χ2v) is 5.23. The third kappa shape index (κ3) is 1.55. The van der Waals surface area contributed by atoms with E-state index in [-0.39, 0.29) is 5.41 Å². The van der Waals surface area contributed by atoms with Gasteiger partial charge < -0.3 is 14.9 Å². The number of anilines is 1. The third-order valence-corrected chi connectivity index (χ3v) is 4.04. The van der Waals surface area contributed by atoms with Gasteiger partial charge in [0.15, 0.2) is 12.0 Å². The Labute approximate surface area is 116 Å². The van der Waals surface area contributed by atoms with Crippen molar-refractivity contribution in [3.05, 3.63) is 60.0 Å². The lowest BCUT2D eigenvalue weighted by molar-refractivity contribution is -0.0379. The number of benzene rings is 2. The van der Waals surface area contributed by atoms with Crippen LogP contribution in [0, 0.1) is 0 Å². The van der Waals surface area contributed by atoms with Crippen LogP contribution >= 0.6 is 0 Å². The predicted octanol–water partition coefficient (Wildman–Crippen LogP) is 2.73. The quantitative estimate of drug-likeness (QED) is 0.724. The molecule has 0 aliphatic carbocycles. The first-order valence-corrected chi connectivity index (χ1v) is 6.55. The van der Waals surface area contributed by atoms with Crippen molar-refractivity contribution >= 4 is 16.8 Å². The number of ether oxygens (including phenoxy) is 1. The van der Waals surface area contributed by atoms with E-state index in [4.69, 9.17) is 14.9 Å². The summed E-state index contributed by atoms with van der Waals surface area (Å²) in [4.78, 5) is 4.16. The van der Waals surface area contributed by atoms with E-state index in [2.05, 4.69) is 29.2 Å². The van der Waals surface area contributed by atoms with E-state index in [1.165, 1.54) is 17.5 Å². The van der Waals surface area contributed by atoms with Crippen LogP contribution in [0.4, 0.5) is 5.69 Å². The number of aromatic nitrogens is 1. The molecule has 3 aromatic rings. The van der Waals surface area contributed by atoms with Gasteiger partial charge in [-0.2, -0.15) is 0 Å². The molecule has 1 aromatic heterocycles. The minimum Gasteiger partial charge on any atom is -0.443 e. The van der Waals surface area contributed by atoms with Crippen molar-refractivity contribution in [1.29, 1.82) is 0 Å². The zero-order valence-corrected chi connectivity index (χ0v) is 10.9. The molecule has 2 N–H and O–H groups in total. The van der Waals surface area contributed by atoms with Crippen LogP contribution in [0.1, 0.15) is 11.1 Å². The van der Waals surface area contributed by atoms with Crippen molar-refractivity contribution in [1.82, 2.24) is 4.98 Å². The number of hydrogen-bond acceptors (Lipinski definition) is 4. The average Bonchev–Trinajstić information content (AvgIpc) is 2.87. The number of fused-ring (bicyclic) bond motifs is 1. The standard InChI is InChI=1S/C16H14N2O2/c17-13-4-1-11(2-5-13)16(8-19-9-16)12-3-6-14-15(7-12)20-10-18-14/h1-7,10H,8-9,17H2. The Bertz CT molecular complexity index is 758. The molecule has 4 nitrogen and oxygen atoms in total. The highest BCUT2D eigenvalue weighted by Gasteiger charge is 2.42. The lowest BCUT2D eigenvalue weighted by atomic mass is 9.73. The molecule has 1 aliphatic heterocycles. The van der Waals surface area contributed by atoms with Gasteiger partial charge >= 0.3 is 0 Å². The van der Waals surface area contributed by atoms with Crippen molar-refractivity contribution in [3.63, 3.8) is 0 Å². The molecule has 0 spiro atoms. The summed E-state index contributed by atoms with van der Waals surface area (Å²) >= 11 is 0. The lowest BCUT2D eigenvalue weighted by Crippen LogP contribution is -2.47. The second-order valence-electron chi connectivity index (χ2n) is 5.23. The summed E-state index contributed by atoms with van der Waals surface area (Å²) in [6, 6.07) is 14.2. The van der Waals surface area contributed by atoms with Crippen molar-refractivity contribution in [2.24, 2.45) is 0 Å². The summed E-state index contributed by atoms with van der Waals surface area (Å²) in [5, 5.41) is 0. The molecule has 1 saturated heterocycles. The topological polar surface area (TPSA) is 61.3 Å². The Hall–Kier alpha value is -2.33. The largest absolute Gasteiger partial charge is 0.443 e. The van der Waals surface area contributed by atoms with Gasteiger partial charge in [-0.3, -0.25) is 0 Å². The number of hydrogen-bond donors (Lipinski definition) is 1. The highest BCUT2D eigenvalue weighted by atomic mass is 16.5. The molecule has 0 saturated carbocycles. The molecule has 0 unspecified atom stereocenters. The molecule has 2 aromatic carbocycles. The van der Waals surface area contributed by atoms with Crippen LogP contribution in [0.15, 0.2) is 53.3 Å². The lowest BCUT2D eigenvalue weighted by Gasteiger charge is -2.42. The first kappa shape index (κ1) is 11.5. The fraction of sp³-hybridized carbons (Fsp3) is 0.188. The maximum absolute atomic E-state index is 5.77. The SMILES string of the molecule is Nc1ccc(C2(c3ccc4ncoc4c3)COC2)cc1. The van der Waals surface area contributed by atoms with Gasteiger partial charge in [-0.05, 0) is 35.4 Å². The molecule has 1 aliphatic rings. The first-order valence-electron chi connectivity index (χ1n) is 6.55. The van der Waals surface area contributed by atoms with Crippen molar-refractivity contribution in [2.75, 3.05) is 18.9 Å². The van der Waals surface area contributed by atoms with E-state index in [1.807, 2.05) is 18.2 Å². The third-order valence-electron chi connectivity index (χ3n) is 4.04. The summed E-state index contributed by atoms with van der Waals surface area (Å²) in [6.07, 6.45) is 1.47. The minimum absolute atomic E-state index is 0.103. The van der Waals surface area contributed by atoms with E-state index in [9.17, 15) is 0 Å². The van der Waals surface area contributed by atoms with Gasteiger partial charge in [0.05, 0.1) is 18.6 Å². The van der Waals surface area contributed by atoms with Gasteiger partial charge in [-0.1, -0.05) is 18.2 Å².